The van der Waals surface area contributed by atoms with E-state index in [1.807, 2.05) is 12.1 Å². The van der Waals surface area contributed by atoms with Gasteiger partial charge in [0.1, 0.15) is 24.2 Å². The lowest BCUT2D eigenvalue weighted by Gasteiger charge is -2.29. The summed E-state index contributed by atoms with van der Waals surface area (Å²) in [5.41, 5.74) is 1.67. The molecule has 3 rings (SSSR count). The number of methoxy groups -OCH3 is 1. The second-order valence-corrected chi connectivity index (χ2v) is 7.90. The van der Waals surface area contributed by atoms with E-state index in [-0.39, 0.29) is 18.6 Å². The lowest BCUT2D eigenvalue weighted by molar-refractivity contribution is 0.0525. The maximum Gasteiger partial charge on any atom is 0.338 e. The number of benzene rings is 2. The van der Waals surface area contributed by atoms with Gasteiger partial charge in [0.25, 0.3) is 0 Å². The molecule has 0 radical (unpaired) electrons. The van der Waals surface area contributed by atoms with Crippen LogP contribution >= 0.6 is 0 Å². The number of aliphatic hydroxyl groups is 1. The van der Waals surface area contributed by atoms with E-state index < -0.39 is 6.10 Å². The fraction of sp³-hybridized carbons (Fsp3) is 0.480. The normalized spacial score (nSPS) is 15.8. The van der Waals surface area contributed by atoms with Crippen molar-refractivity contribution in [2.24, 2.45) is 0 Å². The molecule has 0 saturated carbocycles. The predicted molar refractivity (Wildman–Crippen MR) is 123 cm³/mol. The topological polar surface area (TPSA) is 80.3 Å². The van der Waals surface area contributed by atoms with Crippen LogP contribution in [0.2, 0.25) is 0 Å². The number of carbonyl (C=O) groups excluding carboxylic acids is 1. The minimum Gasteiger partial charge on any atom is -0.497 e. The molecule has 1 saturated heterocycles. The molecule has 7 nitrogen and oxygen atoms in total. The first-order chi connectivity index (χ1) is 15.6. The first-order valence-electron chi connectivity index (χ1n) is 11.3. The molecule has 7 heteroatoms. The van der Waals surface area contributed by atoms with Gasteiger partial charge < -0.3 is 24.6 Å². The van der Waals surface area contributed by atoms with Crippen molar-refractivity contribution in [2.75, 3.05) is 46.5 Å². The lowest BCUT2D eigenvalue weighted by Crippen LogP contribution is -2.38. The van der Waals surface area contributed by atoms with Crippen LogP contribution in [0.15, 0.2) is 48.5 Å². The van der Waals surface area contributed by atoms with Gasteiger partial charge in [0.15, 0.2) is 0 Å². The Balaban J connectivity index is 1.49. The Bertz CT molecular complexity index is 836. The molecule has 174 valence electrons. The fourth-order valence-electron chi connectivity index (χ4n) is 3.90. The van der Waals surface area contributed by atoms with Gasteiger partial charge in [-0.15, -0.1) is 0 Å². The first-order valence-corrected chi connectivity index (χ1v) is 11.3. The molecule has 0 spiro atoms. The highest BCUT2D eigenvalue weighted by atomic mass is 16.5. The van der Waals surface area contributed by atoms with E-state index in [1.165, 1.54) is 18.4 Å². The van der Waals surface area contributed by atoms with Crippen LogP contribution in [0, 0.1) is 0 Å². The van der Waals surface area contributed by atoms with Crippen molar-refractivity contribution < 1.29 is 24.1 Å². The molecule has 2 N–H and O–H groups in total. The van der Waals surface area contributed by atoms with Crippen LogP contribution in [-0.4, -0.2) is 68.6 Å². The Morgan fingerprint density at radius 2 is 1.84 bits per heavy atom. The molecule has 2 atom stereocenters. The van der Waals surface area contributed by atoms with E-state index in [1.54, 1.807) is 38.3 Å². The molecule has 1 heterocycles. The third kappa shape index (κ3) is 6.95. The highest BCUT2D eigenvalue weighted by molar-refractivity contribution is 5.89. The van der Waals surface area contributed by atoms with Gasteiger partial charge >= 0.3 is 5.97 Å². The summed E-state index contributed by atoms with van der Waals surface area (Å²) in [5.74, 6) is 0.996. The number of hydrogen-bond donors (Lipinski definition) is 2. The summed E-state index contributed by atoms with van der Waals surface area (Å²) in [6.07, 6.45) is 1.76. The zero-order chi connectivity index (χ0) is 22.8. The molecular weight excluding hydrogens is 408 g/mol. The number of hydrogen-bond acceptors (Lipinski definition) is 7. The van der Waals surface area contributed by atoms with Crippen LogP contribution in [-0.2, 0) is 4.74 Å². The molecule has 0 aromatic heterocycles. The van der Waals surface area contributed by atoms with Crippen LogP contribution in [0.5, 0.6) is 11.5 Å². The quantitative estimate of drug-likeness (QED) is 0.489. The van der Waals surface area contributed by atoms with E-state index in [0.29, 0.717) is 24.5 Å². The van der Waals surface area contributed by atoms with E-state index in [0.717, 1.165) is 25.4 Å². The van der Waals surface area contributed by atoms with Crippen molar-refractivity contribution in [3.05, 3.63) is 59.7 Å². The Kier molecular flexibility index (Phi) is 9.34. The van der Waals surface area contributed by atoms with E-state index in [9.17, 15) is 9.90 Å². The number of esters is 1. The summed E-state index contributed by atoms with van der Waals surface area (Å²) in [6.45, 7) is 5.55. The number of nitrogens with zero attached hydrogens (tertiary/aromatic N) is 1. The Labute approximate surface area is 190 Å². The summed E-state index contributed by atoms with van der Waals surface area (Å²) >= 11 is 0. The predicted octanol–water partition coefficient (Wildman–Crippen LogP) is 3.04. The smallest absolute Gasteiger partial charge is 0.338 e. The van der Waals surface area contributed by atoms with E-state index in [4.69, 9.17) is 14.2 Å². The molecule has 1 aliphatic rings. The summed E-state index contributed by atoms with van der Waals surface area (Å²) in [4.78, 5) is 14.3. The van der Waals surface area contributed by atoms with Gasteiger partial charge in [0, 0.05) is 19.1 Å². The fourth-order valence-corrected chi connectivity index (χ4v) is 3.90. The molecular formula is C25H34N2O5. The van der Waals surface area contributed by atoms with Crippen LogP contribution in [0.25, 0.3) is 0 Å². The standard InChI is InChI=1S/C25H34N2O5/c1-3-31-25(29)20-7-6-8-23(15-20)32-18-21(28)16-26-17-24(27-13-4-5-14-27)19-9-11-22(30-2)12-10-19/h6-12,15,21,24,26,28H,3-5,13-14,16-18H2,1-2H3/t21-,24+/m0/s1. The van der Waals surface area contributed by atoms with Gasteiger partial charge in [-0.2, -0.15) is 0 Å². The van der Waals surface area contributed by atoms with Gasteiger partial charge in [-0.1, -0.05) is 18.2 Å². The Hall–Kier alpha value is -2.61. The zero-order valence-corrected chi connectivity index (χ0v) is 19.0. The molecule has 0 unspecified atom stereocenters. The molecule has 0 amide bonds. The van der Waals surface area contributed by atoms with E-state index >= 15 is 0 Å². The SMILES string of the molecule is CCOC(=O)c1cccc(OC[C@@H](O)CNC[C@H](c2ccc(OC)cc2)N2CCCC2)c1. The summed E-state index contributed by atoms with van der Waals surface area (Å²) in [7, 11) is 1.67. The number of aliphatic hydroxyl groups excluding tert-OH is 1. The zero-order valence-electron chi connectivity index (χ0n) is 19.0. The summed E-state index contributed by atoms with van der Waals surface area (Å²) in [6, 6.07) is 15.3. The minimum atomic E-state index is -0.670. The van der Waals surface area contributed by atoms with Gasteiger partial charge in [-0.3, -0.25) is 4.90 Å². The number of ether oxygens (including phenoxy) is 3. The molecule has 2 aromatic carbocycles. The average molecular weight is 443 g/mol. The average Bonchev–Trinajstić information content (AvgIpc) is 3.35. The number of rotatable bonds is 12. The Morgan fingerprint density at radius 3 is 2.53 bits per heavy atom. The molecule has 1 fully saturated rings. The van der Waals surface area contributed by atoms with Crippen molar-refractivity contribution in [3.63, 3.8) is 0 Å². The van der Waals surface area contributed by atoms with Gasteiger partial charge in [0.05, 0.1) is 19.3 Å². The second-order valence-electron chi connectivity index (χ2n) is 7.90. The third-order valence-electron chi connectivity index (χ3n) is 5.59. The van der Waals surface area contributed by atoms with Crippen molar-refractivity contribution in [2.45, 2.75) is 31.9 Å². The van der Waals surface area contributed by atoms with Crippen molar-refractivity contribution in [3.8, 4) is 11.5 Å². The third-order valence-corrected chi connectivity index (χ3v) is 5.59. The van der Waals surface area contributed by atoms with Crippen LogP contribution in [0.1, 0.15) is 41.7 Å². The molecule has 2 aromatic rings. The minimum absolute atomic E-state index is 0.135. The summed E-state index contributed by atoms with van der Waals surface area (Å²) in [5, 5.41) is 13.8. The molecule has 32 heavy (non-hydrogen) atoms. The van der Waals surface area contributed by atoms with Gasteiger partial charge in [0.2, 0.25) is 0 Å². The van der Waals surface area contributed by atoms with Gasteiger partial charge in [-0.25, -0.2) is 4.79 Å². The second kappa shape index (κ2) is 12.4. The largest absolute Gasteiger partial charge is 0.497 e. The van der Waals surface area contributed by atoms with Crippen LogP contribution in [0.3, 0.4) is 0 Å². The maximum absolute atomic E-state index is 11.9. The summed E-state index contributed by atoms with van der Waals surface area (Å²) < 4.78 is 16.0. The number of nitrogens with one attached hydrogen (secondary N) is 1. The Morgan fingerprint density at radius 1 is 1.09 bits per heavy atom. The molecule has 0 aliphatic carbocycles. The van der Waals surface area contributed by atoms with Gasteiger partial charge in [-0.05, 0) is 68.8 Å². The highest BCUT2D eigenvalue weighted by Crippen LogP contribution is 2.26. The maximum atomic E-state index is 11.9. The van der Waals surface area contributed by atoms with Crippen LogP contribution in [0.4, 0.5) is 0 Å². The van der Waals surface area contributed by atoms with E-state index in [2.05, 4.69) is 22.3 Å². The lowest BCUT2D eigenvalue weighted by atomic mass is 10.1. The molecule has 0 bridgehead atoms. The van der Waals surface area contributed by atoms with Crippen molar-refractivity contribution >= 4 is 5.97 Å². The highest BCUT2D eigenvalue weighted by Gasteiger charge is 2.23. The van der Waals surface area contributed by atoms with Crippen molar-refractivity contribution in [1.82, 2.24) is 10.2 Å². The number of carbonyl (C=O) groups is 1. The molecule has 1 aliphatic heterocycles. The number of likely N-dealkylation sites (tertiary alicyclic amines) is 1. The monoisotopic (exact) mass is 442 g/mol. The van der Waals surface area contributed by atoms with Crippen LogP contribution < -0.4 is 14.8 Å². The first kappa shape index (κ1) is 24.0. The van der Waals surface area contributed by atoms with Crippen molar-refractivity contribution in [1.29, 1.82) is 0 Å².